The lowest BCUT2D eigenvalue weighted by molar-refractivity contribution is -0.116. The minimum Gasteiger partial charge on any atom is -0.497 e. The van der Waals surface area contributed by atoms with Gasteiger partial charge in [-0.1, -0.05) is 12.1 Å². The van der Waals surface area contributed by atoms with Gasteiger partial charge in [0.15, 0.2) is 11.2 Å². The van der Waals surface area contributed by atoms with Crippen molar-refractivity contribution in [2.75, 3.05) is 19.5 Å². The van der Waals surface area contributed by atoms with Crippen LogP contribution in [0, 0.1) is 0 Å². The Hall–Kier alpha value is -4.47. The first-order chi connectivity index (χ1) is 16.0. The van der Waals surface area contributed by atoms with Crippen molar-refractivity contribution in [1.82, 2.24) is 19.1 Å². The van der Waals surface area contributed by atoms with Crippen LogP contribution in [0.4, 0.5) is 5.69 Å². The van der Waals surface area contributed by atoms with Gasteiger partial charge in [-0.15, -0.1) is 0 Å². The second-order valence-electron chi connectivity index (χ2n) is 7.11. The molecule has 0 atom stereocenters. The Bertz CT molecular complexity index is 1410. The third-order valence-electron chi connectivity index (χ3n) is 5.02. The summed E-state index contributed by atoms with van der Waals surface area (Å²) in [5.41, 5.74) is 0.0638. The molecule has 0 radical (unpaired) electrons. The topological polar surface area (TPSA) is 117 Å². The summed E-state index contributed by atoms with van der Waals surface area (Å²) in [5.74, 6) is 0.850. The highest BCUT2D eigenvalue weighted by atomic mass is 16.5. The molecular weight excluding hydrogens is 426 g/mol. The highest BCUT2D eigenvalue weighted by molar-refractivity contribution is 5.91. The number of fused-ring (bicyclic) bond motifs is 1. The number of benzene rings is 2. The molecule has 168 valence electrons. The molecule has 2 heterocycles. The number of nitrogens with one attached hydrogen (secondary N) is 1. The zero-order valence-electron chi connectivity index (χ0n) is 18.0. The third-order valence-corrected chi connectivity index (χ3v) is 5.02. The molecule has 0 aliphatic rings. The predicted octanol–water partition coefficient (Wildman–Crippen LogP) is 1.66. The Labute approximate surface area is 188 Å². The molecule has 0 saturated carbocycles. The van der Waals surface area contributed by atoms with Crippen LogP contribution in [-0.4, -0.2) is 39.2 Å². The zero-order chi connectivity index (χ0) is 23.4. The predicted molar refractivity (Wildman–Crippen MR) is 122 cm³/mol. The normalized spacial score (nSPS) is 10.7. The van der Waals surface area contributed by atoms with Crippen LogP contribution in [0.25, 0.3) is 11.2 Å². The number of hydrogen-bond acceptors (Lipinski definition) is 7. The monoisotopic (exact) mass is 447 g/mol. The molecule has 2 aromatic heterocycles. The number of ether oxygens (including phenoxy) is 2. The van der Waals surface area contributed by atoms with E-state index in [0.717, 1.165) is 9.13 Å². The fourth-order valence-corrected chi connectivity index (χ4v) is 3.34. The van der Waals surface area contributed by atoms with E-state index in [-0.39, 0.29) is 24.3 Å². The van der Waals surface area contributed by atoms with E-state index < -0.39 is 17.2 Å². The first-order valence-corrected chi connectivity index (χ1v) is 10.0. The SMILES string of the molecule is COc1ccc(Cn2c(=O)c3nccnc3n(CC(=O)Nc3ccc(OC)cc3)c2=O)cc1. The van der Waals surface area contributed by atoms with E-state index in [1.54, 1.807) is 62.8 Å². The van der Waals surface area contributed by atoms with Gasteiger partial charge in [0.2, 0.25) is 5.91 Å². The molecule has 0 spiro atoms. The van der Waals surface area contributed by atoms with Crippen molar-refractivity contribution in [2.45, 2.75) is 13.1 Å². The van der Waals surface area contributed by atoms with Gasteiger partial charge in [0, 0.05) is 18.1 Å². The van der Waals surface area contributed by atoms with Crippen LogP contribution in [0.5, 0.6) is 11.5 Å². The smallest absolute Gasteiger partial charge is 0.333 e. The van der Waals surface area contributed by atoms with E-state index in [4.69, 9.17) is 9.47 Å². The van der Waals surface area contributed by atoms with Crippen LogP contribution < -0.4 is 26.0 Å². The Morgan fingerprint density at radius 3 is 2.12 bits per heavy atom. The average Bonchev–Trinajstić information content (AvgIpc) is 2.85. The number of aromatic nitrogens is 4. The molecule has 0 bridgehead atoms. The maximum atomic E-state index is 13.2. The minimum atomic E-state index is -0.659. The van der Waals surface area contributed by atoms with E-state index >= 15 is 0 Å². The van der Waals surface area contributed by atoms with Gasteiger partial charge in [0.25, 0.3) is 5.56 Å². The van der Waals surface area contributed by atoms with Crippen LogP contribution >= 0.6 is 0 Å². The number of methoxy groups -OCH3 is 2. The molecule has 33 heavy (non-hydrogen) atoms. The van der Waals surface area contributed by atoms with Crippen molar-refractivity contribution < 1.29 is 14.3 Å². The Kier molecular flexibility index (Phi) is 6.16. The van der Waals surface area contributed by atoms with E-state index in [1.807, 2.05) is 0 Å². The minimum absolute atomic E-state index is 0.00265. The molecule has 1 amide bonds. The van der Waals surface area contributed by atoms with Gasteiger partial charge in [0.1, 0.15) is 18.0 Å². The fraction of sp³-hybridized carbons (Fsp3) is 0.174. The van der Waals surface area contributed by atoms with Crippen LogP contribution in [-0.2, 0) is 17.9 Å². The number of carbonyl (C=O) groups is 1. The second-order valence-corrected chi connectivity index (χ2v) is 7.11. The fourth-order valence-electron chi connectivity index (χ4n) is 3.34. The molecule has 0 aliphatic heterocycles. The lowest BCUT2D eigenvalue weighted by Crippen LogP contribution is -2.42. The molecule has 4 aromatic rings. The number of rotatable bonds is 7. The summed E-state index contributed by atoms with van der Waals surface area (Å²) >= 11 is 0. The average molecular weight is 447 g/mol. The quantitative estimate of drug-likeness (QED) is 0.458. The maximum absolute atomic E-state index is 13.2. The zero-order valence-corrected chi connectivity index (χ0v) is 18.0. The highest BCUT2D eigenvalue weighted by Gasteiger charge is 2.17. The molecule has 0 unspecified atom stereocenters. The Balaban J connectivity index is 1.69. The molecular formula is C23H21N5O5. The van der Waals surface area contributed by atoms with Crippen molar-refractivity contribution in [3.63, 3.8) is 0 Å². The molecule has 4 rings (SSSR count). The number of amides is 1. The molecule has 0 saturated heterocycles. The van der Waals surface area contributed by atoms with Crippen LogP contribution in [0.15, 0.2) is 70.5 Å². The lowest BCUT2D eigenvalue weighted by Gasteiger charge is -2.13. The number of anilines is 1. The molecule has 0 fully saturated rings. The van der Waals surface area contributed by atoms with E-state index in [2.05, 4.69) is 15.3 Å². The summed E-state index contributed by atoms with van der Waals surface area (Å²) in [6, 6.07) is 13.8. The number of nitrogens with zero attached hydrogens (tertiary/aromatic N) is 4. The van der Waals surface area contributed by atoms with E-state index in [1.165, 1.54) is 12.4 Å². The first kappa shape index (κ1) is 21.8. The van der Waals surface area contributed by atoms with Crippen molar-refractivity contribution >= 4 is 22.8 Å². The second kappa shape index (κ2) is 9.35. The van der Waals surface area contributed by atoms with E-state index in [9.17, 15) is 14.4 Å². The molecule has 2 aromatic carbocycles. The summed E-state index contributed by atoms with van der Waals surface area (Å²) in [6.45, 7) is -0.336. The van der Waals surface area contributed by atoms with E-state index in [0.29, 0.717) is 22.7 Å². The Morgan fingerprint density at radius 1 is 0.879 bits per heavy atom. The summed E-state index contributed by atoms with van der Waals surface area (Å²) in [5, 5.41) is 2.73. The van der Waals surface area contributed by atoms with Gasteiger partial charge < -0.3 is 14.8 Å². The van der Waals surface area contributed by atoms with Crippen LogP contribution in [0.2, 0.25) is 0 Å². The Morgan fingerprint density at radius 2 is 1.48 bits per heavy atom. The number of carbonyl (C=O) groups excluding carboxylic acids is 1. The standard InChI is InChI=1S/C23H21N5O5/c1-32-17-7-3-15(4-8-17)13-28-22(30)20-21(25-12-11-24-20)27(23(28)31)14-19(29)26-16-5-9-18(33-2)10-6-16/h3-12H,13-14H2,1-2H3,(H,26,29). The van der Waals surface area contributed by atoms with Crippen LogP contribution in [0.3, 0.4) is 0 Å². The van der Waals surface area contributed by atoms with Gasteiger partial charge in [-0.25, -0.2) is 14.8 Å². The molecule has 1 N–H and O–H groups in total. The lowest BCUT2D eigenvalue weighted by atomic mass is 10.2. The van der Waals surface area contributed by atoms with Crippen molar-refractivity contribution in [3.8, 4) is 11.5 Å². The van der Waals surface area contributed by atoms with Gasteiger partial charge in [0.05, 0.1) is 20.8 Å². The van der Waals surface area contributed by atoms with Crippen LogP contribution in [0.1, 0.15) is 5.56 Å². The van der Waals surface area contributed by atoms with Crippen molar-refractivity contribution in [3.05, 3.63) is 87.3 Å². The van der Waals surface area contributed by atoms with Crippen molar-refractivity contribution in [2.24, 2.45) is 0 Å². The third kappa shape index (κ3) is 4.59. The van der Waals surface area contributed by atoms with Gasteiger partial charge in [-0.05, 0) is 42.0 Å². The summed E-state index contributed by atoms with van der Waals surface area (Å²) < 4.78 is 12.4. The summed E-state index contributed by atoms with van der Waals surface area (Å²) in [4.78, 5) is 47.2. The molecule has 0 aliphatic carbocycles. The van der Waals surface area contributed by atoms with Gasteiger partial charge in [-0.3, -0.25) is 18.7 Å². The maximum Gasteiger partial charge on any atom is 0.333 e. The first-order valence-electron chi connectivity index (χ1n) is 10.0. The largest absolute Gasteiger partial charge is 0.497 e. The highest BCUT2D eigenvalue weighted by Crippen LogP contribution is 2.15. The van der Waals surface area contributed by atoms with Crippen molar-refractivity contribution in [1.29, 1.82) is 0 Å². The van der Waals surface area contributed by atoms with Gasteiger partial charge >= 0.3 is 5.69 Å². The molecule has 10 nitrogen and oxygen atoms in total. The summed E-state index contributed by atoms with van der Waals surface area (Å²) in [7, 11) is 3.10. The van der Waals surface area contributed by atoms with Gasteiger partial charge in [-0.2, -0.15) is 0 Å². The number of hydrogen-bond donors (Lipinski definition) is 1. The summed E-state index contributed by atoms with van der Waals surface area (Å²) in [6.07, 6.45) is 2.74. The molecule has 10 heteroatoms.